The number of carbonyl (C=O) groups excluding carboxylic acids is 3. The Hall–Kier alpha value is -4.80. The van der Waals surface area contributed by atoms with Gasteiger partial charge in [-0.25, -0.2) is 0 Å². The number of fused-ring (bicyclic) bond motifs is 2. The van der Waals surface area contributed by atoms with E-state index in [4.69, 9.17) is 28.1 Å². The van der Waals surface area contributed by atoms with Crippen LogP contribution in [0, 0.1) is 3.57 Å². The zero-order valence-electron chi connectivity index (χ0n) is 26.5. The topological polar surface area (TPSA) is 166 Å². The summed E-state index contributed by atoms with van der Waals surface area (Å²) in [5.41, 5.74) is 1.63. The van der Waals surface area contributed by atoms with Gasteiger partial charge >= 0.3 is 0 Å². The number of para-hydroxylation sites is 1. The van der Waals surface area contributed by atoms with Gasteiger partial charge in [-0.1, -0.05) is 18.2 Å². The molecule has 3 aromatic carbocycles. The summed E-state index contributed by atoms with van der Waals surface area (Å²) in [7, 11) is 2.92. The molecule has 0 saturated carbocycles. The molecule has 2 aliphatic rings. The number of aldehydes is 1. The van der Waals surface area contributed by atoms with Crippen LogP contribution in [-0.4, -0.2) is 85.6 Å². The van der Waals surface area contributed by atoms with Crippen molar-refractivity contribution in [3.8, 4) is 28.7 Å². The number of methoxy groups -OCH3 is 2. The lowest BCUT2D eigenvalue weighted by atomic mass is 9.87. The molecule has 256 valence electrons. The standard InChI is InChI=1S/C35H33IN2O11/c1-44-26-5-3-4-21-14-30(49-32(21)26)35(43)38(16-19-6-7-25-27(11-19)47-18-46-25)24-13-22(34(42)37-8-9-39)15-28(31(24)41)48-33-23(36)10-20(17-40)12-29(33)45-2/h3-7,10-12,14-15,17,24,28,31,39,41H,8-9,13,16,18H2,1-2H3,(H,37,42). The highest BCUT2D eigenvalue weighted by molar-refractivity contribution is 14.1. The Morgan fingerprint density at radius 3 is 2.61 bits per heavy atom. The molecule has 2 heterocycles. The second-order valence-electron chi connectivity index (χ2n) is 11.3. The first kappa shape index (κ1) is 34.1. The molecule has 0 saturated heterocycles. The van der Waals surface area contributed by atoms with Crippen LogP contribution in [0.2, 0.25) is 0 Å². The number of ether oxygens (including phenoxy) is 5. The zero-order chi connectivity index (χ0) is 34.7. The minimum Gasteiger partial charge on any atom is -0.493 e. The van der Waals surface area contributed by atoms with Crippen LogP contribution >= 0.6 is 22.6 Å². The van der Waals surface area contributed by atoms with Crippen LogP contribution in [0.3, 0.4) is 0 Å². The normalized spacial score (nSPS) is 18.1. The van der Waals surface area contributed by atoms with Gasteiger partial charge < -0.3 is 48.5 Å². The molecule has 1 aliphatic heterocycles. The molecule has 3 N–H and O–H groups in total. The van der Waals surface area contributed by atoms with Crippen molar-refractivity contribution in [3.63, 3.8) is 0 Å². The molecule has 0 radical (unpaired) electrons. The maximum Gasteiger partial charge on any atom is 0.290 e. The number of carbonyl (C=O) groups is 3. The van der Waals surface area contributed by atoms with Gasteiger partial charge in [0.2, 0.25) is 12.7 Å². The van der Waals surface area contributed by atoms with Gasteiger partial charge in [-0.2, -0.15) is 0 Å². The van der Waals surface area contributed by atoms with Crippen molar-refractivity contribution in [2.24, 2.45) is 0 Å². The average Bonchev–Trinajstić information content (AvgIpc) is 3.78. The smallest absolute Gasteiger partial charge is 0.290 e. The fourth-order valence-corrected chi connectivity index (χ4v) is 6.61. The number of nitrogens with one attached hydrogen (secondary N) is 1. The maximum atomic E-state index is 14.5. The summed E-state index contributed by atoms with van der Waals surface area (Å²) in [6.07, 6.45) is -0.405. The monoisotopic (exact) mass is 784 g/mol. The molecular formula is C35H33IN2O11. The van der Waals surface area contributed by atoms with Crippen LogP contribution in [0.4, 0.5) is 0 Å². The zero-order valence-corrected chi connectivity index (χ0v) is 28.7. The van der Waals surface area contributed by atoms with Gasteiger partial charge in [0, 0.05) is 36.0 Å². The Labute approximate surface area is 294 Å². The number of hydrogen-bond acceptors (Lipinski definition) is 11. The molecular weight excluding hydrogens is 751 g/mol. The summed E-state index contributed by atoms with van der Waals surface area (Å²) in [4.78, 5) is 40.8. The molecule has 1 aromatic heterocycles. The van der Waals surface area contributed by atoms with E-state index in [1.54, 1.807) is 48.5 Å². The first-order valence-corrected chi connectivity index (χ1v) is 16.4. The quantitative estimate of drug-likeness (QED) is 0.141. The Morgan fingerprint density at radius 2 is 1.86 bits per heavy atom. The summed E-state index contributed by atoms with van der Waals surface area (Å²) in [6, 6.07) is 14.2. The number of benzene rings is 3. The van der Waals surface area contributed by atoms with Gasteiger partial charge in [0.1, 0.15) is 18.5 Å². The van der Waals surface area contributed by atoms with Crippen molar-refractivity contribution in [2.45, 2.75) is 31.2 Å². The van der Waals surface area contributed by atoms with Crippen molar-refractivity contribution in [2.75, 3.05) is 34.2 Å². The van der Waals surface area contributed by atoms with Gasteiger partial charge in [-0.05, 0) is 70.6 Å². The van der Waals surface area contributed by atoms with E-state index in [9.17, 15) is 24.6 Å². The highest BCUT2D eigenvalue weighted by Gasteiger charge is 2.42. The van der Waals surface area contributed by atoms with E-state index in [0.29, 0.717) is 49.2 Å². The number of furan rings is 1. The van der Waals surface area contributed by atoms with Crippen LogP contribution in [0.15, 0.2) is 70.7 Å². The summed E-state index contributed by atoms with van der Waals surface area (Å²) in [5.74, 6) is 0.932. The van der Waals surface area contributed by atoms with E-state index in [1.165, 1.54) is 31.3 Å². The Kier molecular flexibility index (Phi) is 10.3. The lowest BCUT2D eigenvalue weighted by Gasteiger charge is -2.40. The van der Waals surface area contributed by atoms with Crippen LogP contribution in [0.25, 0.3) is 11.0 Å². The molecule has 14 heteroatoms. The van der Waals surface area contributed by atoms with Crippen molar-refractivity contribution in [3.05, 3.63) is 86.7 Å². The van der Waals surface area contributed by atoms with Gasteiger partial charge in [0.25, 0.3) is 5.91 Å². The Balaban J connectivity index is 1.42. The molecule has 3 unspecified atom stereocenters. The molecule has 49 heavy (non-hydrogen) atoms. The van der Waals surface area contributed by atoms with Gasteiger partial charge in [0.05, 0.1) is 30.4 Å². The molecule has 0 fully saturated rings. The van der Waals surface area contributed by atoms with E-state index >= 15 is 0 Å². The first-order valence-electron chi connectivity index (χ1n) is 15.3. The maximum absolute atomic E-state index is 14.5. The molecule has 1 aliphatic carbocycles. The highest BCUT2D eigenvalue weighted by atomic mass is 127. The van der Waals surface area contributed by atoms with E-state index in [0.717, 1.165) is 0 Å². The fourth-order valence-electron chi connectivity index (χ4n) is 5.86. The third kappa shape index (κ3) is 7.02. The lowest BCUT2D eigenvalue weighted by molar-refractivity contribution is -0.118. The van der Waals surface area contributed by atoms with Crippen molar-refractivity contribution in [1.29, 1.82) is 0 Å². The molecule has 0 bridgehead atoms. The third-order valence-corrected chi connectivity index (χ3v) is 9.05. The minimum atomic E-state index is -1.36. The molecule has 13 nitrogen and oxygen atoms in total. The second kappa shape index (κ2) is 14.8. The minimum absolute atomic E-state index is 0.00550. The van der Waals surface area contributed by atoms with Crippen LogP contribution in [-0.2, 0) is 11.3 Å². The molecule has 6 rings (SSSR count). The van der Waals surface area contributed by atoms with E-state index in [-0.39, 0.29) is 55.7 Å². The van der Waals surface area contributed by atoms with E-state index < -0.39 is 30.1 Å². The number of nitrogens with zero attached hydrogens (tertiary/aromatic N) is 1. The predicted octanol–water partition coefficient (Wildman–Crippen LogP) is 3.85. The van der Waals surface area contributed by atoms with Crippen LogP contribution in [0.1, 0.15) is 32.9 Å². The third-order valence-electron chi connectivity index (χ3n) is 8.25. The summed E-state index contributed by atoms with van der Waals surface area (Å²) >= 11 is 1.99. The Morgan fingerprint density at radius 1 is 1.06 bits per heavy atom. The summed E-state index contributed by atoms with van der Waals surface area (Å²) in [5, 5.41) is 24.7. The molecule has 0 spiro atoms. The summed E-state index contributed by atoms with van der Waals surface area (Å²) in [6.45, 7) is -0.240. The van der Waals surface area contributed by atoms with Gasteiger partial charge in [-0.15, -0.1) is 0 Å². The number of aliphatic hydroxyl groups is 2. The highest BCUT2D eigenvalue weighted by Crippen LogP contribution is 2.39. The largest absolute Gasteiger partial charge is 0.493 e. The molecule has 2 amide bonds. The molecule has 3 atom stereocenters. The lowest BCUT2D eigenvalue weighted by Crippen LogP contribution is -2.54. The average molecular weight is 785 g/mol. The number of halogens is 1. The second-order valence-corrected chi connectivity index (χ2v) is 12.4. The predicted molar refractivity (Wildman–Crippen MR) is 183 cm³/mol. The first-order chi connectivity index (χ1) is 23.7. The van der Waals surface area contributed by atoms with Crippen LogP contribution in [0.5, 0.6) is 28.7 Å². The van der Waals surface area contributed by atoms with Crippen molar-refractivity contribution in [1.82, 2.24) is 10.2 Å². The number of hydrogen-bond donors (Lipinski definition) is 3. The van der Waals surface area contributed by atoms with Gasteiger partial charge in [-0.3, -0.25) is 14.4 Å². The number of rotatable bonds is 12. The Bertz CT molecular complexity index is 1920. The van der Waals surface area contributed by atoms with Crippen LogP contribution < -0.4 is 29.0 Å². The van der Waals surface area contributed by atoms with Gasteiger partial charge in [0.15, 0.2) is 40.1 Å². The number of amides is 2. The molecule has 4 aromatic rings. The van der Waals surface area contributed by atoms with Crippen molar-refractivity contribution < 1.29 is 52.7 Å². The van der Waals surface area contributed by atoms with E-state index in [2.05, 4.69) is 5.32 Å². The van der Waals surface area contributed by atoms with E-state index in [1.807, 2.05) is 22.6 Å². The van der Waals surface area contributed by atoms with Crippen molar-refractivity contribution >= 4 is 51.7 Å². The summed E-state index contributed by atoms with van der Waals surface area (Å²) < 4.78 is 34.9. The number of aliphatic hydroxyl groups excluding tert-OH is 2. The fraction of sp³-hybridized carbons (Fsp3) is 0.286. The SMILES string of the molecule is COc1cc(C=O)cc(I)c1OC1C=C(C(=O)NCCO)CC(N(Cc2ccc3c(c2)OCO3)C(=O)c2cc3cccc(OC)c3o2)C1O.